The second-order valence-corrected chi connectivity index (χ2v) is 5.39. The lowest BCUT2D eigenvalue weighted by Gasteiger charge is -2.34. The lowest BCUT2D eigenvalue weighted by molar-refractivity contribution is -0.124. The Morgan fingerprint density at radius 2 is 1.11 bits per heavy atom. The van der Waals surface area contributed by atoms with Crippen LogP contribution in [0.3, 0.4) is 0 Å². The molecule has 0 fully saturated rings. The number of hydrogen-bond donors (Lipinski definition) is 2. The molecule has 4 heteroatoms. The molecule has 0 rings (SSSR count). The third kappa shape index (κ3) is 13.9. The molecule has 0 aromatic heterocycles. The van der Waals surface area contributed by atoms with E-state index in [2.05, 4.69) is 46.3 Å². The molecule has 0 spiro atoms. The van der Waals surface area contributed by atoms with Gasteiger partial charge in [-0.15, -0.1) is 0 Å². The number of rotatable bonds is 8. The molecule has 0 atom stereocenters. The van der Waals surface area contributed by atoms with Gasteiger partial charge in [-0.1, -0.05) is 13.8 Å². The van der Waals surface area contributed by atoms with E-state index >= 15 is 0 Å². The molecule has 0 aliphatic carbocycles. The van der Waals surface area contributed by atoms with Gasteiger partial charge in [0, 0.05) is 0 Å². The summed E-state index contributed by atoms with van der Waals surface area (Å²) in [5.74, 6) is 0. The van der Waals surface area contributed by atoms with Crippen molar-refractivity contribution in [2.24, 2.45) is 0 Å². The monoisotopic (exact) mass is 264 g/mol. The van der Waals surface area contributed by atoms with Crippen LogP contribution in [0.25, 0.3) is 0 Å². The zero-order valence-electron chi connectivity index (χ0n) is 13.0. The first-order valence-corrected chi connectivity index (χ1v) is 6.74. The maximum Gasteiger partial charge on any atom is 0.0698 e. The van der Waals surface area contributed by atoms with E-state index in [1.165, 1.54) is 0 Å². The van der Waals surface area contributed by atoms with Gasteiger partial charge in [0.2, 0.25) is 0 Å². The van der Waals surface area contributed by atoms with Crippen molar-refractivity contribution in [2.75, 3.05) is 26.4 Å². The van der Waals surface area contributed by atoms with Gasteiger partial charge in [-0.3, -0.25) is 0 Å². The quantitative estimate of drug-likeness (QED) is 0.661. The van der Waals surface area contributed by atoms with Crippen molar-refractivity contribution in [3.05, 3.63) is 0 Å². The third-order valence-electron chi connectivity index (χ3n) is 2.73. The van der Waals surface area contributed by atoms with Crippen LogP contribution in [0.5, 0.6) is 0 Å². The fraction of sp³-hybridized carbons (Fsp3) is 1.00. The summed E-state index contributed by atoms with van der Waals surface area (Å²) in [5.41, 5.74) is 0.0546. The highest BCUT2D eigenvalue weighted by Crippen LogP contribution is 2.24. The van der Waals surface area contributed by atoms with Gasteiger partial charge in [0.05, 0.1) is 37.6 Å². The Balaban J connectivity index is 0. The van der Waals surface area contributed by atoms with Gasteiger partial charge >= 0.3 is 0 Å². The summed E-state index contributed by atoms with van der Waals surface area (Å²) in [7, 11) is 0. The summed E-state index contributed by atoms with van der Waals surface area (Å²) < 4.78 is 10.6. The van der Waals surface area contributed by atoms with Gasteiger partial charge in [0.15, 0.2) is 0 Å². The molecule has 0 aliphatic rings. The van der Waals surface area contributed by atoms with Crippen LogP contribution < -0.4 is 0 Å². The molecule has 0 saturated carbocycles. The second kappa shape index (κ2) is 10.7. The fourth-order valence-electron chi connectivity index (χ4n) is 1.12. The Labute approximate surface area is 112 Å². The lowest BCUT2D eigenvalue weighted by Crippen LogP contribution is -2.35. The summed E-state index contributed by atoms with van der Waals surface area (Å²) >= 11 is 0. The molecule has 2 N–H and O–H groups in total. The zero-order chi connectivity index (χ0) is 14.7. The van der Waals surface area contributed by atoms with Crippen LogP contribution in [0, 0.1) is 0 Å². The Morgan fingerprint density at radius 1 is 0.778 bits per heavy atom. The normalized spacial score (nSPS) is 12.0. The van der Waals surface area contributed by atoms with Gasteiger partial charge < -0.3 is 19.7 Å². The highest BCUT2D eigenvalue weighted by Gasteiger charge is 2.25. The average Bonchev–Trinajstić information content (AvgIpc) is 2.29. The first-order valence-electron chi connectivity index (χ1n) is 6.74. The topological polar surface area (TPSA) is 58.9 Å². The van der Waals surface area contributed by atoms with E-state index in [-0.39, 0.29) is 24.4 Å². The van der Waals surface area contributed by atoms with Gasteiger partial charge in [-0.05, 0) is 40.5 Å². The summed E-state index contributed by atoms with van der Waals surface area (Å²) in [5, 5.41) is 16.2. The molecule has 0 aliphatic heterocycles. The van der Waals surface area contributed by atoms with Crippen molar-refractivity contribution in [1.29, 1.82) is 0 Å². The van der Waals surface area contributed by atoms with Gasteiger partial charge in [-0.2, -0.15) is 0 Å². The van der Waals surface area contributed by atoms with E-state index in [0.29, 0.717) is 13.2 Å². The predicted octanol–water partition coefficient (Wildman–Crippen LogP) is 2.37. The molecule has 112 valence electrons. The molecule has 0 heterocycles. The zero-order valence-corrected chi connectivity index (χ0v) is 13.0. The number of aliphatic hydroxyl groups excluding tert-OH is 2. The lowest BCUT2D eigenvalue weighted by atomic mass is 10.0. The molecule has 0 unspecified atom stereocenters. The predicted molar refractivity (Wildman–Crippen MR) is 74.8 cm³/mol. The van der Waals surface area contributed by atoms with Crippen molar-refractivity contribution in [1.82, 2.24) is 0 Å². The average molecular weight is 264 g/mol. The summed E-state index contributed by atoms with van der Waals surface area (Å²) in [6, 6.07) is 0. The minimum atomic E-state index is 0.0273. The van der Waals surface area contributed by atoms with Crippen molar-refractivity contribution < 1.29 is 19.7 Å². The van der Waals surface area contributed by atoms with Crippen molar-refractivity contribution in [2.45, 2.75) is 65.6 Å². The smallest absolute Gasteiger partial charge is 0.0698 e. The van der Waals surface area contributed by atoms with E-state index in [0.717, 1.165) is 12.8 Å². The highest BCUT2D eigenvalue weighted by atomic mass is 16.5. The standard InChI is InChI=1S/C10H22O.C4H10O3/c1-7-9(3,4)11-10(5,6)8-2;5-1-3-7-4-2-6/h7-8H2,1-6H3;5-6H,1-4H2. The Morgan fingerprint density at radius 3 is 1.33 bits per heavy atom. The van der Waals surface area contributed by atoms with Crippen LogP contribution in [0.2, 0.25) is 0 Å². The minimum Gasteiger partial charge on any atom is -0.394 e. The van der Waals surface area contributed by atoms with Gasteiger partial charge in [0.25, 0.3) is 0 Å². The number of aliphatic hydroxyl groups is 2. The van der Waals surface area contributed by atoms with Crippen molar-refractivity contribution in [3.63, 3.8) is 0 Å². The number of ether oxygens (including phenoxy) is 2. The van der Waals surface area contributed by atoms with E-state index in [1.807, 2.05) is 0 Å². The fourth-order valence-corrected chi connectivity index (χ4v) is 1.12. The van der Waals surface area contributed by atoms with Crippen LogP contribution in [0.15, 0.2) is 0 Å². The molecule has 0 bridgehead atoms. The maximum absolute atomic E-state index is 8.09. The largest absolute Gasteiger partial charge is 0.394 e. The van der Waals surface area contributed by atoms with E-state index in [9.17, 15) is 0 Å². The van der Waals surface area contributed by atoms with Crippen LogP contribution in [0.4, 0.5) is 0 Å². The first kappa shape index (κ1) is 20.2. The third-order valence-corrected chi connectivity index (χ3v) is 2.73. The molecule has 0 amide bonds. The SMILES string of the molecule is CCC(C)(C)OC(C)(C)CC.OCCOCCO. The molecule has 18 heavy (non-hydrogen) atoms. The molecule has 0 saturated heterocycles. The molecule has 0 aromatic rings. The van der Waals surface area contributed by atoms with E-state index in [1.54, 1.807) is 0 Å². The highest BCUT2D eigenvalue weighted by molar-refractivity contribution is 4.74. The summed E-state index contributed by atoms with van der Waals surface area (Å²) in [6.07, 6.45) is 2.13. The Kier molecular flexibility index (Phi) is 12.0. The Bertz CT molecular complexity index is 161. The minimum absolute atomic E-state index is 0.0273. The van der Waals surface area contributed by atoms with E-state index < -0.39 is 0 Å². The van der Waals surface area contributed by atoms with Crippen LogP contribution >= 0.6 is 0 Å². The molecule has 0 radical (unpaired) electrons. The molecule has 0 aromatic carbocycles. The second-order valence-electron chi connectivity index (χ2n) is 5.39. The van der Waals surface area contributed by atoms with Gasteiger partial charge in [0.1, 0.15) is 0 Å². The maximum atomic E-state index is 8.09. The van der Waals surface area contributed by atoms with Crippen molar-refractivity contribution >= 4 is 0 Å². The summed E-state index contributed by atoms with van der Waals surface area (Å²) in [4.78, 5) is 0. The van der Waals surface area contributed by atoms with Crippen molar-refractivity contribution in [3.8, 4) is 0 Å². The molecular weight excluding hydrogens is 232 g/mol. The summed E-state index contributed by atoms with van der Waals surface area (Å²) in [6.45, 7) is 13.6. The van der Waals surface area contributed by atoms with Crippen LogP contribution in [0.1, 0.15) is 54.4 Å². The number of hydrogen-bond acceptors (Lipinski definition) is 4. The first-order chi connectivity index (χ1) is 8.24. The van der Waals surface area contributed by atoms with Gasteiger partial charge in [-0.25, -0.2) is 0 Å². The molecule has 4 nitrogen and oxygen atoms in total. The van der Waals surface area contributed by atoms with E-state index in [4.69, 9.17) is 14.9 Å². The molecular formula is C14H32O4. The van der Waals surface area contributed by atoms with Crippen LogP contribution in [-0.4, -0.2) is 47.8 Å². The van der Waals surface area contributed by atoms with Crippen LogP contribution in [-0.2, 0) is 9.47 Å². The Hall–Kier alpha value is -0.160.